The van der Waals surface area contributed by atoms with Crippen molar-refractivity contribution in [2.75, 3.05) is 13.1 Å². The predicted octanol–water partition coefficient (Wildman–Crippen LogP) is 3.58. The number of pyridine rings is 1. The zero-order chi connectivity index (χ0) is 18.1. The number of imidazole rings is 1. The molecule has 2 amide bonds. The number of carbonyl (C=O) groups excluding carboxylic acids is 1. The van der Waals surface area contributed by atoms with Gasteiger partial charge in [0.2, 0.25) is 0 Å². The number of carbonyl (C=O) groups is 1. The summed E-state index contributed by atoms with van der Waals surface area (Å²) in [4.78, 5) is 17.1. The van der Waals surface area contributed by atoms with Gasteiger partial charge in [-0.1, -0.05) is 23.7 Å². The van der Waals surface area contributed by atoms with E-state index in [4.69, 9.17) is 22.1 Å². The van der Waals surface area contributed by atoms with E-state index in [1.165, 1.54) is 0 Å². The lowest BCUT2D eigenvalue weighted by Crippen LogP contribution is -2.44. The number of rotatable bonds is 3. The summed E-state index contributed by atoms with van der Waals surface area (Å²) in [7, 11) is 0. The molecule has 1 aliphatic rings. The molecular weight excluding hydrogens is 352 g/mol. The van der Waals surface area contributed by atoms with Crippen LogP contribution in [0.1, 0.15) is 12.8 Å². The molecule has 0 spiro atoms. The van der Waals surface area contributed by atoms with Crippen LogP contribution in [0, 0.1) is 0 Å². The van der Waals surface area contributed by atoms with Gasteiger partial charge in [-0.15, -0.1) is 0 Å². The summed E-state index contributed by atoms with van der Waals surface area (Å²) in [6.45, 7) is 1.28. The number of piperidine rings is 1. The fourth-order valence-electron chi connectivity index (χ4n) is 3.28. The second kappa shape index (κ2) is 6.88. The largest absolute Gasteiger partial charge is 0.490 e. The van der Waals surface area contributed by atoms with Gasteiger partial charge in [0, 0.05) is 43.9 Å². The van der Waals surface area contributed by atoms with Gasteiger partial charge in [-0.25, -0.2) is 9.78 Å². The van der Waals surface area contributed by atoms with E-state index >= 15 is 0 Å². The zero-order valence-electron chi connectivity index (χ0n) is 14.1. The van der Waals surface area contributed by atoms with Crippen molar-refractivity contribution >= 4 is 23.3 Å². The Hall–Kier alpha value is -2.73. The summed E-state index contributed by atoms with van der Waals surface area (Å²) in [5.41, 5.74) is 8.09. The standard InChI is InChI=1S/C19H19ClN4O2/c20-18-16(5-6-17-22-9-12-24(17)18)13-1-3-14(4-2-13)26-15-7-10-23(11-8-15)19(21)25/h1-6,9,12,15H,7-8,10-11H2,(H2,21,25). The first-order valence-corrected chi connectivity index (χ1v) is 8.92. The Balaban J connectivity index is 1.47. The Kier molecular flexibility index (Phi) is 4.42. The highest BCUT2D eigenvalue weighted by molar-refractivity contribution is 6.32. The molecule has 134 valence electrons. The number of hydrogen-bond acceptors (Lipinski definition) is 3. The quantitative estimate of drug-likeness (QED) is 0.716. The number of amides is 2. The van der Waals surface area contributed by atoms with E-state index in [1.54, 1.807) is 11.1 Å². The van der Waals surface area contributed by atoms with Crippen molar-refractivity contribution in [1.29, 1.82) is 0 Å². The monoisotopic (exact) mass is 370 g/mol. The van der Waals surface area contributed by atoms with Crippen LogP contribution in [0.5, 0.6) is 5.75 Å². The van der Waals surface area contributed by atoms with Crippen LogP contribution in [-0.4, -0.2) is 39.5 Å². The van der Waals surface area contributed by atoms with Gasteiger partial charge >= 0.3 is 6.03 Å². The lowest BCUT2D eigenvalue weighted by Gasteiger charge is -2.31. The maximum atomic E-state index is 11.2. The third kappa shape index (κ3) is 3.20. The Morgan fingerprint density at radius 1 is 1.15 bits per heavy atom. The van der Waals surface area contributed by atoms with E-state index in [9.17, 15) is 4.79 Å². The van der Waals surface area contributed by atoms with Crippen molar-refractivity contribution in [3.8, 4) is 16.9 Å². The Morgan fingerprint density at radius 2 is 1.88 bits per heavy atom. The fourth-order valence-corrected chi connectivity index (χ4v) is 3.59. The summed E-state index contributed by atoms with van der Waals surface area (Å²) >= 11 is 6.50. The molecule has 1 aliphatic heterocycles. The van der Waals surface area contributed by atoms with Gasteiger partial charge in [0.25, 0.3) is 0 Å². The van der Waals surface area contributed by atoms with E-state index in [-0.39, 0.29) is 12.1 Å². The lowest BCUT2D eigenvalue weighted by molar-refractivity contribution is 0.114. The first-order valence-electron chi connectivity index (χ1n) is 8.55. The molecule has 3 aromatic rings. The van der Waals surface area contributed by atoms with Gasteiger partial charge in [0.15, 0.2) is 0 Å². The van der Waals surface area contributed by atoms with Crippen LogP contribution in [-0.2, 0) is 0 Å². The summed E-state index contributed by atoms with van der Waals surface area (Å²) in [6.07, 6.45) is 5.24. The lowest BCUT2D eigenvalue weighted by atomic mass is 10.1. The molecule has 0 radical (unpaired) electrons. The molecule has 1 saturated heterocycles. The highest BCUT2D eigenvalue weighted by atomic mass is 35.5. The highest BCUT2D eigenvalue weighted by Crippen LogP contribution is 2.30. The topological polar surface area (TPSA) is 72.9 Å². The number of urea groups is 1. The normalized spacial score (nSPS) is 15.3. The highest BCUT2D eigenvalue weighted by Gasteiger charge is 2.22. The number of nitrogens with zero attached hydrogens (tertiary/aromatic N) is 3. The number of hydrogen-bond donors (Lipinski definition) is 1. The van der Waals surface area contributed by atoms with Gasteiger partial charge in [0.1, 0.15) is 22.7 Å². The molecule has 2 aromatic heterocycles. The second-order valence-electron chi connectivity index (χ2n) is 6.36. The van der Waals surface area contributed by atoms with E-state index in [0.29, 0.717) is 18.2 Å². The zero-order valence-corrected chi connectivity index (χ0v) is 14.9. The van der Waals surface area contributed by atoms with Crippen molar-refractivity contribution in [3.63, 3.8) is 0 Å². The number of likely N-dealkylation sites (tertiary alicyclic amines) is 1. The van der Waals surface area contributed by atoms with Gasteiger partial charge in [-0.3, -0.25) is 4.40 Å². The van der Waals surface area contributed by atoms with E-state index < -0.39 is 0 Å². The SMILES string of the molecule is NC(=O)N1CCC(Oc2ccc(-c3ccc4nccn4c3Cl)cc2)CC1. The van der Waals surface area contributed by atoms with Crippen molar-refractivity contribution < 1.29 is 9.53 Å². The molecule has 0 saturated carbocycles. The molecule has 0 unspecified atom stereocenters. The molecule has 26 heavy (non-hydrogen) atoms. The van der Waals surface area contributed by atoms with Crippen LogP contribution in [0.4, 0.5) is 4.79 Å². The van der Waals surface area contributed by atoms with Crippen molar-refractivity contribution in [3.05, 3.63) is 53.9 Å². The summed E-state index contributed by atoms with van der Waals surface area (Å²) in [5, 5.41) is 0.632. The number of benzene rings is 1. The number of nitrogens with two attached hydrogens (primary N) is 1. The summed E-state index contributed by atoms with van der Waals surface area (Å²) in [5.74, 6) is 0.811. The fraction of sp³-hybridized carbons (Fsp3) is 0.263. The Labute approximate surface area is 156 Å². The molecule has 7 heteroatoms. The molecule has 3 heterocycles. The second-order valence-corrected chi connectivity index (χ2v) is 6.72. The number of fused-ring (bicyclic) bond motifs is 1. The average Bonchev–Trinajstić information content (AvgIpc) is 3.13. The van der Waals surface area contributed by atoms with Crippen molar-refractivity contribution in [2.24, 2.45) is 5.73 Å². The molecule has 4 rings (SSSR count). The molecule has 1 fully saturated rings. The van der Waals surface area contributed by atoms with E-state index in [0.717, 1.165) is 35.4 Å². The predicted molar refractivity (Wildman–Crippen MR) is 100 cm³/mol. The number of primary amides is 1. The van der Waals surface area contributed by atoms with Crippen LogP contribution in [0.3, 0.4) is 0 Å². The maximum absolute atomic E-state index is 11.2. The van der Waals surface area contributed by atoms with E-state index in [1.807, 2.05) is 47.0 Å². The van der Waals surface area contributed by atoms with Gasteiger partial charge in [-0.2, -0.15) is 0 Å². The Morgan fingerprint density at radius 3 is 2.58 bits per heavy atom. The molecular formula is C19H19ClN4O2. The minimum atomic E-state index is -0.362. The van der Waals surface area contributed by atoms with Crippen LogP contribution in [0.15, 0.2) is 48.8 Å². The van der Waals surface area contributed by atoms with Gasteiger partial charge in [-0.05, 0) is 29.8 Å². The Bertz CT molecular complexity index is 930. The van der Waals surface area contributed by atoms with Crippen LogP contribution in [0.2, 0.25) is 5.15 Å². The van der Waals surface area contributed by atoms with Crippen molar-refractivity contribution in [1.82, 2.24) is 14.3 Å². The van der Waals surface area contributed by atoms with Gasteiger partial charge in [0.05, 0.1) is 0 Å². The molecule has 1 aromatic carbocycles. The summed E-state index contributed by atoms with van der Waals surface area (Å²) < 4.78 is 7.89. The minimum absolute atomic E-state index is 0.0994. The molecule has 0 bridgehead atoms. The molecule has 2 N–H and O–H groups in total. The minimum Gasteiger partial charge on any atom is -0.490 e. The van der Waals surface area contributed by atoms with Crippen LogP contribution in [0.25, 0.3) is 16.8 Å². The smallest absolute Gasteiger partial charge is 0.314 e. The number of aromatic nitrogens is 2. The summed E-state index contributed by atoms with van der Waals surface area (Å²) in [6, 6.07) is 11.4. The third-order valence-corrected chi connectivity index (χ3v) is 5.11. The van der Waals surface area contributed by atoms with E-state index in [2.05, 4.69) is 4.98 Å². The number of ether oxygens (including phenoxy) is 1. The first-order chi connectivity index (χ1) is 12.6. The van der Waals surface area contributed by atoms with Crippen molar-refractivity contribution in [2.45, 2.75) is 18.9 Å². The molecule has 6 nitrogen and oxygen atoms in total. The number of halogens is 1. The van der Waals surface area contributed by atoms with Gasteiger partial charge < -0.3 is 15.4 Å². The molecule has 0 atom stereocenters. The van der Waals surface area contributed by atoms with Crippen LogP contribution < -0.4 is 10.5 Å². The molecule has 0 aliphatic carbocycles. The van der Waals surface area contributed by atoms with Crippen LogP contribution >= 0.6 is 11.6 Å². The first kappa shape index (κ1) is 16.7. The third-order valence-electron chi connectivity index (χ3n) is 4.72. The average molecular weight is 371 g/mol. The maximum Gasteiger partial charge on any atom is 0.314 e.